The highest BCUT2D eigenvalue weighted by Crippen LogP contribution is 2.04. The normalized spacial score (nSPS) is 13.5. The number of amides is 1. The minimum absolute atomic E-state index is 0.0437. The van der Waals surface area contributed by atoms with Crippen LogP contribution in [-0.2, 0) is 4.79 Å². The van der Waals surface area contributed by atoms with E-state index < -0.39 is 0 Å². The van der Waals surface area contributed by atoms with Crippen molar-refractivity contribution >= 4 is 5.91 Å². The van der Waals surface area contributed by atoms with Crippen LogP contribution in [0.25, 0.3) is 0 Å². The van der Waals surface area contributed by atoms with Crippen LogP contribution in [0.15, 0.2) is 0 Å². The van der Waals surface area contributed by atoms with Crippen molar-refractivity contribution in [3.05, 3.63) is 0 Å². The molecule has 1 atom stereocenters. The van der Waals surface area contributed by atoms with Crippen molar-refractivity contribution in [2.24, 2.45) is 5.73 Å². The Morgan fingerprint density at radius 2 is 2.00 bits per heavy atom. The van der Waals surface area contributed by atoms with E-state index in [-0.39, 0.29) is 11.9 Å². The molecule has 0 fully saturated rings. The van der Waals surface area contributed by atoms with E-state index in [2.05, 4.69) is 24.1 Å². The first-order chi connectivity index (χ1) is 6.04. The molecule has 0 rings (SSSR count). The van der Waals surface area contributed by atoms with E-state index in [4.69, 9.17) is 5.73 Å². The van der Waals surface area contributed by atoms with Crippen molar-refractivity contribution in [2.75, 3.05) is 20.1 Å². The van der Waals surface area contributed by atoms with Gasteiger partial charge in [0.2, 0.25) is 5.91 Å². The maximum absolute atomic E-state index is 11.3. The number of nitrogens with one attached hydrogen (secondary N) is 1. The minimum Gasteiger partial charge on any atom is -0.358 e. The van der Waals surface area contributed by atoms with E-state index in [0.29, 0.717) is 12.6 Å². The molecule has 3 N–H and O–H groups in total. The van der Waals surface area contributed by atoms with Gasteiger partial charge in [-0.05, 0) is 20.8 Å². The quantitative estimate of drug-likeness (QED) is 0.626. The van der Waals surface area contributed by atoms with Crippen LogP contribution in [0.1, 0.15) is 20.8 Å². The van der Waals surface area contributed by atoms with Gasteiger partial charge in [-0.3, -0.25) is 9.69 Å². The minimum atomic E-state index is -0.103. The largest absolute Gasteiger partial charge is 0.358 e. The topological polar surface area (TPSA) is 58.4 Å². The molecule has 0 aliphatic carbocycles. The molecule has 0 bridgehead atoms. The third-order valence-electron chi connectivity index (χ3n) is 2.17. The highest BCUT2D eigenvalue weighted by molar-refractivity contribution is 5.80. The summed E-state index contributed by atoms with van der Waals surface area (Å²) in [5.74, 6) is 0.0437. The third kappa shape index (κ3) is 3.74. The number of hydrogen-bond acceptors (Lipinski definition) is 3. The summed E-state index contributed by atoms with van der Waals surface area (Å²) in [6.45, 7) is 7.37. The molecule has 0 aromatic rings. The fourth-order valence-electron chi connectivity index (χ4n) is 1.41. The molecule has 1 unspecified atom stereocenters. The Bertz CT molecular complexity index is 159. The molecule has 78 valence electrons. The Kier molecular flexibility index (Phi) is 5.66. The van der Waals surface area contributed by atoms with Crippen LogP contribution in [0.2, 0.25) is 0 Å². The fraction of sp³-hybridized carbons (Fsp3) is 0.889. The van der Waals surface area contributed by atoms with Gasteiger partial charge in [0, 0.05) is 26.2 Å². The predicted molar refractivity (Wildman–Crippen MR) is 54.4 cm³/mol. The Morgan fingerprint density at radius 1 is 1.46 bits per heavy atom. The van der Waals surface area contributed by atoms with Crippen LogP contribution in [0.5, 0.6) is 0 Å². The number of likely N-dealkylation sites (N-methyl/N-ethyl adjacent to an activating group) is 1. The summed E-state index contributed by atoms with van der Waals surface area (Å²) >= 11 is 0. The molecule has 0 aliphatic heterocycles. The lowest BCUT2D eigenvalue weighted by Crippen LogP contribution is -2.49. The van der Waals surface area contributed by atoms with Crippen LogP contribution in [-0.4, -0.2) is 43.0 Å². The standard InChI is InChI=1S/C9H21N3O/c1-7(2)12(6-5-10)8(3)9(13)11-4/h7-8H,5-6,10H2,1-4H3,(H,11,13). The lowest BCUT2D eigenvalue weighted by atomic mass is 10.2. The van der Waals surface area contributed by atoms with E-state index >= 15 is 0 Å². The zero-order chi connectivity index (χ0) is 10.4. The lowest BCUT2D eigenvalue weighted by molar-refractivity contribution is -0.126. The first kappa shape index (κ1) is 12.4. The summed E-state index contributed by atoms with van der Waals surface area (Å²) < 4.78 is 0. The summed E-state index contributed by atoms with van der Waals surface area (Å²) in [5.41, 5.74) is 5.47. The average molecular weight is 187 g/mol. The number of rotatable bonds is 5. The maximum Gasteiger partial charge on any atom is 0.236 e. The first-order valence-corrected chi connectivity index (χ1v) is 4.72. The summed E-state index contributed by atoms with van der Waals surface area (Å²) in [4.78, 5) is 13.4. The Morgan fingerprint density at radius 3 is 2.31 bits per heavy atom. The van der Waals surface area contributed by atoms with Crippen molar-refractivity contribution in [1.82, 2.24) is 10.2 Å². The van der Waals surface area contributed by atoms with Gasteiger partial charge in [-0.2, -0.15) is 0 Å². The average Bonchev–Trinajstić information content (AvgIpc) is 2.11. The summed E-state index contributed by atoms with van der Waals surface area (Å²) in [7, 11) is 1.65. The molecule has 1 amide bonds. The molecule has 0 saturated heterocycles. The van der Waals surface area contributed by atoms with Gasteiger partial charge in [-0.15, -0.1) is 0 Å². The number of nitrogens with zero attached hydrogens (tertiary/aromatic N) is 1. The van der Waals surface area contributed by atoms with Gasteiger partial charge in [0.05, 0.1) is 6.04 Å². The van der Waals surface area contributed by atoms with Gasteiger partial charge in [0.15, 0.2) is 0 Å². The van der Waals surface area contributed by atoms with Gasteiger partial charge in [0.1, 0.15) is 0 Å². The van der Waals surface area contributed by atoms with Crippen molar-refractivity contribution in [3.63, 3.8) is 0 Å². The predicted octanol–water partition coefficient (Wildman–Crippen LogP) is -0.210. The van der Waals surface area contributed by atoms with Crippen LogP contribution in [0.4, 0.5) is 0 Å². The monoisotopic (exact) mass is 187 g/mol. The molecule has 0 heterocycles. The highest BCUT2D eigenvalue weighted by Gasteiger charge is 2.21. The van der Waals surface area contributed by atoms with E-state index in [9.17, 15) is 4.79 Å². The van der Waals surface area contributed by atoms with Gasteiger partial charge >= 0.3 is 0 Å². The summed E-state index contributed by atoms with van der Waals surface area (Å²) in [6.07, 6.45) is 0. The summed E-state index contributed by atoms with van der Waals surface area (Å²) in [5, 5.41) is 2.64. The molecule has 0 aromatic heterocycles. The second-order valence-corrected chi connectivity index (χ2v) is 3.41. The third-order valence-corrected chi connectivity index (χ3v) is 2.17. The molecule has 0 radical (unpaired) electrons. The molecular weight excluding hydrogens is 166 g/mol. The molecule has 0 saturated carbocycles. The second kappa shape index (κ2) is 5.94. The van der Waals surface area contributed by atoms with Crippen molar-refractivity contribution < 1.29 is 4.79 Å². The molecule has 0 aromatic carbocycles. The fourth-order valence-corrected chi connectivity index (χ4v) is 1.41. The van der Waals surface area contributed by atoms with Gasteiger partial charge in [0.25, 0.3) is 0 Å². The zero-order valence-corrected chi connectivity index (χ0v) is 9.00. The van der Waals surface area contributed by atoms with Crippen LogP contribution in [0, 0.1) is 0 Å². The smallest absolute Gasteiger partial charge is 0.236 e. The Hall–Kier alpha value is -0.610. The van der Waals surface area contributed by atoms with Crippen molar-refractivity contribution in [3.8, 4) is 0 Å². The highest BCUT2D eigenvalue weighted by atomic mass is 16.2. The van der Waals surface area contributed by atoms with Gasteiger partial charge < -0.3 is 11.1 Å². The number of nitrogens with two attached hydrogens (primary N) is 1. The van der Waals surface area contributed by atoms with Gasteiger partial charge in [-0.25, -0.2) is 0 Å². The van der Waals surface area contributed by atoms with Gasteiger partial charge in [-0.1, -0.05) is 0 Å². The SMILES string of the molecule is CNC(=O)C(C)N(CCN)C(C)C. The molecule has 4 nitrogen and oxygen atoms in total. The van der Waals surface area contributed by atoms with Crippen LogP contribution < -0.4 is 11.1 Å². The lowest BCUT2D eigenvalue weighted by Gasteiger charge is -2.30. The molecule has 4 heteroatoms. The van der Waals surface area contributed by atoms with E-state index in [0.717, 1.165) is 6.54 Å². The van der Waals surface area contributed by atoms with E-state index in [1.54, 1.807) is 7.05 Å². The maximum atomic E-state index is 11.3. The first-order valence-electron chi connectivity index (χ1n) is 4.72. The number of carbonyl (C=O) groups excluding carboxylic acids is 1. The van der Waals surface area contributed by atoms with Crippen LogP contribution >= 0.6 is 0 Å². The zero-order valence-electron chi connectivity index (χ0n) is 9.00. The molecular formula is C9H21N3O. The van der Waals surface area contributed by atoms with Crippen molar-refractivity contribution in [2.45, 2.75) is 32.9 Å². The van der Waals surface area contributed by atoms with E-state index in [1.165, 1.54) is 0 Å². The number of carbonyl (C=O) groups is 1. The second-order valence-electron chi connectivity index (χ2n) is 3.41. The Balaban J connectivity index is 4.26. The van der Waals surface area contributed by atoms with Crippen LogP contribution in [0.3, 0.4) is 0 Å². The molecule has 0 spiro atoms. The van der Waals surface area contributed by atoms with Crippen molar-refractivity contribution in [1.29, 1.82) is 0 Å². The summed E-state index contributed by atoms with van der Waals surface area (Å²) in [6, 6.07) is 0.240. The molecule has 13 heavy (non-hydrogen) atoms. The number of hydrogen-bond donors (Lipinski definition) is 2. The Labute approximate surface area is 80.5 Å². The molecule has 0 aliphatic rings. The van der Waals surface area contributed by atoms with E-state index in [1.807, 2.05) is 6.92 Å².